The quantitative estimate of drug-likeness (QED) is 0.546. The van der Waals surface area contributed by atoms with Crippen LogP contribution in [0.5, 0.6) is 0 Å². The summed E-state index contributed by atoms with van der Waals surface area (Å²) in [5.41, 5.74) is 2.66. The molecule has 0 unspecified atom stereocenters. The Bertz CT molecular complexity index is 833. The second-order valence-corrected chi connectivity index (χ2v) is 8.80. The van der Waals surface area contributed by atoms with Gasteiger partial charge in [-0.25, -0.2) is 9.78 Å². The lowest BCUT2D eigenvalue weighted by atomic mass is 9.96. The normalized spacial score (nSPS) is 14.5. The molecule has 1 heterocycles. The number of aromatic nitrogens is 1. The largest absolute Gasteiger partial charge is 0.335 e. The van der Waals surface area contributed by atoms with E-state index in [2.05, 4.69) is 36.9 Å². The van der Waals surface area contributed by atoms with E-state index in [9.17, 15) is 9.59 Å². The Morgan fingerprint density at radius 2 is 2.00 bits per heavy atom. The molecule has 0 atom stereocenters. The Balaban J connectivity index is 1.42. The van der Waals surface area contributed by atoms with Crippen LogP contribution in [0.4, 0.5) is 15.6 Å². The van der Waals surface area contributed by atoms with Crippen LogP contribution in [0.2, 0.25) is 0 Å². The maximum atomic E-state index is 12.2. The molecule has 0 radical (unpaired) electrons. The highest BCUT2D eigenvalue weighted by Gasteiger charge is 2.16. The minimum atomic E-state index is -0.198. The van der Waals surface area contributed by atoms with Gasteiger partial charge in [0.05, 0.1) is 5.69 Å². The number of thiazole rings is 1. The summed E-state index contributed by atoms with van der Waals surface area (Å²) in [6.07, 6.45) is 6.57. The van der Waals surface area contributed by atoms with Crippen LogP contribution in [0, 0.1) is 6.92 Å². The van der Waals surface area contributed by atoms with Crippen molar-refractivity contribution in [1.29, 1.82) is 0 Å². The first-order valence-electron chi connectivity index (χ1n) is 9.57. The van der Waals surface area contributed by atoms with E-state index >= 15 is 0 Å². The number of urea groups is 1. The van der Waals surface area contributed by atoms with Gasteiger partial charge in [0, 0.05) is 28.0 Å². The summed E-state index contributed by atoms with van der Waals surface area (Å²) < 4.78 is 1.01. The van der Waals surface area contributed by atoms with Crippen LogP contribution in [0.1, 0.15) is 49.8 Å². The Labute approximate surface area is 177 Å². The minimum absolute atomic E-state index is 0.0562. The third kappa shape index (κ3) is 6.31. The molecule has 150 valence electrons. The number of rotatable bonds is 6. The molecule has 1 aliphatic rings. The Morgan fingerprint density at radius 3 is 2.75 bits per heavy atom. The topological polar surface area (TPSA) is 83.1 Å². The fourth-order valence-electron chi connectivity index (χ4n) is 3.23. The zero-order chi connectivity index (χ0) is 19.9. The molecule has 8 heteroatoms. The van der Waals surface area contributed by atoms with Crippen LogP contribution in [-0.4, -0.2) is 23.0 Å². The molecule has 0 saturated heterocycles. The van der Waals surface area contributed by atoms with Crippen LogP contribution < -0.4 is 16.0 Å². The summed E-state index contributed by atoms with van der Waals surface area (Å²) in [4.78, 5) is 28.7. The van der Waals surface area contributed by atoms with Gasteiger partial charge in [0.15, 0.2) is 5.13 Å². The zero-order valence-electron chi connectivity index (χ0n) is 15.9. The van der Waals surface area contributed by atoms with E-state index in [1.165, 1.54) is 30.6 Å². The lowest BCUT2D eigenvalue weighted by Gasteiger charge is -2.22. The lowest BCUT2D eigenvalue weighted by molar-refractivity contribution is -0.116. The van der Waals surface area contributed by atoms with Crippen molar-refractivity contribution in [2.24, 2.45) is 0 Å². The van der Waals surface area contributed by atoms with Crippen molar-refractivity contribution in [3.8, 4) is 0 Å². The molecule has 1 fully saturated rings. The van der Waals surface area contributed by atoms with Crippen molar-refractivity contribution in [3.63, 3.8) is 0 Å². The van der Waals surface area contributed by atoms with Crippen LogP contribution in [0.15, 0.2) is 28.1 Å². The predicted octanol–water partition coefficient (Wildman–Crippen LogP) is 5.24. The highest BCUT2D eigenvalue weighted by Crippen LogP contribution is 2.21. The average molecular weight is 465 g/mol. The number of hydrogen-bond acceptors (Lipinski definition) is 4. The summed E-state index contributed by atoms with van der Waals surface area (Å²) in [5.74, 6) is -0.0562. The molecule has 28 heavy (non-hydrogen) atoms. The number of carbonyl (C=O) groups is 2. The Morgan fingerprint density at radius 1 is 1.21 bits per heavy atom. The molecule has 1 aliphatic carbocycles. The molecule has 1 saturated carbocycles. The SMILES string of the molecule is Cc1cc(NC(=O)CCc2csc(NC(=O)NC3CCCCC3)n2)ccc1Br. The summed E-state index contributed by atoms with van der Waals surface area (Å²) in [6.45, 7) is 1.98. The maximum absolute atomic E-state index is 12.2. The van der Waals surface area contributed by atoms with Crippen molar-refractivity contribution in [3.05, 3.63) is 39.3 Å². The number of nitrogens with one attached hydrogen (secondary N) is 3. The molecule has 2 aromatic rings. The monoisotopic (exact) mass is 464 g/mol. The maximum Gasteiger partial charge on any atom is 0.321 e. The van der Waals surface area contributed by atoms with Crippen LogP contribution in [0.3, 0.4) is 0 Å². The fourth-order valence-corrected chi connectivity index (χ4v) is 4.22. The van der Waals surface area contributed by atoms with Gasteiger partial charge in [-0.2, -0.15) is 0 Å². The van der Waals surface area contributed by atoms with Gasteiger partial charge in [-0.1, -0.05) is 35.2 Å². The van der Waals surface area contributed by atoms with Gasteiger partial charge in [0.25, 0.3) is 0 Å². The van der Waals surface area contributed by atoms with E-state index in [4.69, 9.17) is 0 Å². The van der Waals surface area contributed by atoms with Gasteiger partial charge in [-0.05, 0) is 49.9 Å². The second kappa shape index (κ2) is 10.0. The summed E-state index contributed by atoms with van der Waals surface area (Å²) >= 11 is 4.83. The van der Waals surface area contributed by atoms with Crippen molar-refractivity contribution >= 4 is 50.0 Å². The molecular formula is C20H25BrN4O2S. The molecule has 1 aromatic heterocycles. The minimum Gasteiger partial charge on any atom is -0.335 e. The van der Waals surface area contributed by atoms with E-state index < -0.39 is 0 Å². The first-order chi connectivity index (χ1) is 13.5. The number of benzene rings is 1. The van der Waals surface area contributed by atoms with Crippen molar-refractivity contribution < 1.29 is 9.59 Å². The highest BCUT2D eigenvalue weighted by molar-refractivity contribution is 9.10. The number of nitrogens with zero attached hydrogens (tertiary/aromatic N) is 1. The third-order valence-corrected chi connectivity index (χ3v) is 6.46. The second-order valence-electron chi connectivity index (χ2n) is 7.09. The number of amides is 3. The molecule has 1 aromatic carbocycles. The summed E-state index contributed by atoms with van der Waals surface area (Å²) in [6, 6.07) is 5.78. The molecule has 0 bridgehead atoms. The number of carbonyl (C=O) groups excluding carboxylic acids is 2. The van der Waals surface area contributed by atoms with Gasteiger partial charge in [0.2, 0.25) is 5.91 Å². The average Bonchev–Trinajstić information content (AvgIpc) is 3.11. The Kier molecular flexibility index (Phi) is 7.44. The van der Waals surface area contributed by atoms with Crippen LogP contribution in [-0.2, 0) is 11.2 Å². The Hall–Kier alpha value is -1.93. The standard InChI is InChI=1S/C20H25BrN4O2S/c1-13-11-15(7-9-17(13)21)22-18(26)10-8-16-12-28-20(24-16)25-19(27)23-14-5-3-2-4-6-14/h7,9,11-12,14H,2-6,8,10H2,1H3,(H,22,26)(H2,23,24,25,27). The first-order valence-corrected chi connectivity index (χ1v) is 11.2. The van der Waals surface area contributed by atoms with Gasteiger partial charge in [-0.3, -0.25) is 10.1 Å². The van der Waals surface area contributed by atoms with E-state index in [0.717, 1.165) is 34.3 Å². The van der Waals surface area contributed by atoms with E-state index in [0.29, 0.717) is 18.0 Å². The van der Waals surface area contributed by atoms with Gasteiger partial charge >= 0.3 is 6.03 Å². The number of hydrogen-bond donors (Lipinski definition) is 3. The summed E-state index contributed by atoms with van der Waals surface area (Å²) in [7, 11) is 0. The van der Waals surface area contributed by atoms with Crippen LogP contribution >= 0.6 is 27.3 Å². The molecule has 3 amide bonds. The number of aryl methyl sites for hydroxylation is 2. The van der Waals surface area contributed by atoms with Gasteiger partial charge in [-0.15, -0.1) is 11.3 Å². The smallest absolute Gasteiger partial charge is 0.321 e. The van der Waals surface area contributed by atoms with E-state index in [1.54, 1.807) is 0 Å². The highest BCUT2D eigenvalue weighted by atomic mass is 79.9. The third-order valence-electron chi connectivity index (χ3n) is 4.76. The summed E-state index contributed by atoms with van der Waals surface area (Å²) in [5, 5.41) is 11.2. The molecule has 6 nitrogen and oxygen atoms in total. The van der Waals surface area contributed by atoms with Gasteiger partial charge < -0.3 is 10.6 Å². The molecule has 3 rings (SSSR count). The zero-order valence-corrected chi connectivity index (χ0v) is 18.3. The van der Waals surface area contributed by atoms with E-state index in [-0.39, 0.29) is 18.0 Å². The molecular weight excluding hydrogens is 440 g/mol. The fraction of sp³-hybridized carbons (Fsp3) is 0.450. The molecule has 3 N–H and O–H groups in total. The van der Waals surface area contributed by atoms with Crippen molar-refractivity contribution in [1.82, 2.24) is 10.3 Å². The molecule has 0 spiro atoms. The number of halogens is 1. The van der Waals surface area contributed by atoms with Crippen LogP contribution in [0.25, 0.3) is 0 Å². The number of anilines is 2. The predicted molar refractivity (Wildman–Crippen MR) is 117 cm³/mol. The molecule has 0 aliphatic heterocycles. The first kappa shape index (κ1) is 20.8. The van der Waals surface area contributed by atoms with Gasteiger partial charge in [0.1, 0.15) is 0 Å². The van der Waals surface area contributed by atoms with E-state index in [1.807, 2.05) is 30.5 Å². The van der Waals surface area contributed by atoms with Crippen molar-refractivity contribution in [2.45, 2.75) is 57.9 Å². The lowest BCUT2D eigenvalue weighted by Crippen LogP contribution is -2.38. The van der Waals surface area contributed by atoms with Crippen molar-refractivity contribution in [2.75, 3.05) is 10.6 Å².